The van der Waals surface area contributed by atoms with Crippen molar-refractivity contribution >= 4 is 5.97 Å². The minimum Gasteiger partial charge on any atom is -0.481 e. The summed E-state index contributed by atoms with van der Waals surface area (Å²) < 4.78 is 5.16. The van der Waals surface area contributed by atoms with E-state index in [4.69, 9.17) is 14.6 Å². The first-order valence-corrected chi connectivity index (χ1v) is 3.99. The van der Waals surface area contributed by atoms with Crippen LogP contribution < -0.4 is 0 Å². The molecule has 0 saturated carbocycles. The molecule has 1 unspecified atom stereocenters. The summed E-state index contributed by atoms with van der Waals surface area (Å²) in [7, 11) is 0. The maximum Gasteiger partial charge on any atom is 0.307 e. The molecule has 1 heterocycles. The number of aliphatic hydroxyl groups excluding tert-OH is 1. The number of hydrogen-bond acceptors (Lipinski definition) is 3. The van der Waals surface area contributed by atoms with Crippen molar-refractivity contribution in [3.8, 4) is 0 Å². The van der Waals surface area contributed by atoms with Gasteiger partial charge in [0.25, 0.3) is 0 Å². The van der Waals surface area contributed by atoms with Crippen LogP contribution in [0.4, 0.5) is 0 Å². The molecule has 0 aliphatic rings. The molecule has 0 aromatic carbocycles. The first kappa shape index (κ1) is 9.80. The van der Waals surface area contributed by atoms with Crippen LogP contribution in [0.3, 0.4) is 0 Å². The first-order chi connectivity index (χ1) is 6.00. The summed E-state index contributed by atoms with van der Waals surface area (Å²) in [5.41, 5.74) is 0.614. The second kappa shape index (κ2) is 3.62. The maximum absolute atomic E-state index is 10.4. The Labute approximate surface area is 75.8 Å². The number of aliphatic hydroxyl groups is 1. The molecule has 2 N–H and O–H groups in total. The number of aryl methyl sites for hydroxylation is 1. The molecule has 1 aromatic rings. The predicted molar refractivity (Wildman–Crippen MR) is 45.4 cm³/mol. The Kier molecular flexibility index (Phi) is 2.72. The molecule has 13 heavy (non-hydrogen) atoms. The highest BCUT2D eigenvalue weighted by Crippen LogP contribution is 2.20. The molecule has 1 atom stereocenters. The number of furan rings is 1. The minimum absolute atomic E-state index is 0.0674. The highest BCUT2D eigenvalue weighted by atomic mass is 16.4. The van der Waals surface area contributed by atoms with Crippen LogP contribution in [-0.2, 0) is 11.2 Å². The summed E-state index contributed by atoms with van der Waals surface area (Å²) in [6, 6.07) is 1.58. The molecule has 0 aliphatic carbocycles. The van der Waals surface area contributed by atoms with E-state index < -0.39 is 12.1 Å². The molecular weight excluding hydrogens is 172 g/mol. The van der Waals surface area contributed by atoms with Gasteiger partial charge in [-0.1, -0.05) is 0 Å². The molecule has 72 valence electrons. The van der Waals surface area contributed by atoms with Crippen LogP contribution in [0, 0.1) is 6.92 Å². The molecule has 0 amide bonds. The largest absolute Gasteiger partial charge is 0.481 e. The highest BCUT2D eigenvalue weighted by Gasteiger charge is 2.13. The van der Waals surface area contributed by atoms with Crippen molar-refractivity contribution in [1.82, 2.24) is 0 Å². The van der Waals surface area contributed by atoms with E-state index in [9.17, 15) is 4.79 Å². The average molecular weight is 184 g/mol. The molecule has 0 saturated heterocycles. The fourth-order valence-electron chi connectivity index (χ4n) is 1.09. The third-order valence-electron chi connectivity index (χ3n) is 1.79. The van der Waals surface area contributed by atoms with E-state index in [0.29, 0.717) is 17.1 Å². The monoisotopic (exact) mass is 184 g/mol. The molecule has 0 fully saturated rings. The van der Waals surface area contributed by atoms with Crippen molar-refractivity contribution in [3.63, 3.8) is 0 Å². The van der Waals surface area contributed by atoms with Crippen LogP contribution >= 0.6 is 0 Å². The summed E-state index contributed by atoms with van der Waals surface area (Å²) in [5.74, 6) is 0.0630. The van der Waals surface area contributed by atoms with Crippen LogP contribution in [0.2, 0.25) is 0 Å². The zero-order valence-corrected chi connectivity index (χ0v) is 7.57. The van der Waals surface area contributed by atoms with Gasteiger partial charge in [0.15, 0.2) is 0 Å². The van der Waals surface area contributed by atoms with Crippen molar-refractivity contribution < 1.29 is 19.4 Å². The Hall–Kier alpha value is -1.29. The molecule has 4 heteroatoms. The van der Waals surface area contributed by atoms with E-state index in [1.807, 2.05) is 0 Å². The minimum atomic E-state index is -0.902. The van der Waals surface area contributed by atoms with Gasteiger partial charge >= 0.3 is 5.97 Å². The van der Waals surface area contributed by atoms with Gasteiger partial charge in [-0.25, -0.2) is 0 Å². The number of hydrogen-bond donors (Lipinski definition) is 2. The van der Waals surface area contributed by atoms with Gasteiger partial charge in [-0.05, 0) is 19.9 Å². The second-order valence-corrected chi connectivity index (χ2v) is 2.98. The maximum atomic E-state index is 10.4. The zero-order valence-electron chi connectivity index (χ0n) is 7.57. The van der Waals surface area contributed by atoms with Crippen molar-refractivity contribution in [3.05, 3.63) is 23.2 Å². The number of carboxylic acid groups (broad SMARTS) is 1. The van der Waals surface area contributed by atoms with E-state index in [2.05, 4.69) is 0 Å². The van der Waals surface area contributed by atoms with Crippen molar-refractivity contribution in [2.75, 3.05) is 0 Å². The smallest absolute Gasteiger partial charge is 0.307 e. The Balaban J connectivity index is 2.89. The van der Waals surface area contributed by atoms with Crippen LogP contribution in [0.25, 0.3) is 0 Å². The number of aliphatic carboxylic acids is 1. The Morgan fingerprint density at radius 1 is 1.69 bits per heavy atom. The molecule has 1 aromatic heterocycles. The SMILES string of the molecule is Cc1oc(C(C)O)cc1CC(=O)O. The first-order valence-electron chi connectivity index (χ1n) is 3.99. The molecule has 0 radical (unpaired) electrons. The van der Waals surface area contributed by atoms with Gasteiger partial charge in [0, 0.05) is 5.56 Å². The lowest BCUT2D eigenvalue weighted by Crippen LogP contribution is -1.99. The number of carbonyl (C=O) groups is 1. The Bertz CT molecular complexity index is 311. The highest BCUT2D eigenvalue weighted by molar-refractivity contribution is 5.70. The van der Waals surface area contributed by atoms with Gasteiger partial charge in [0.2, 0.25) is 0 Å². The van der Waals surface area contributed by atoms with Crippen molar-refractivity contribution in [1.29, 1.82) is 0 Å². The third kappa shape index (κ3) is 2.32. The fraction of sp³-hybridized carbons (Fsp3) is 0.444. The van der Waals surface area contributed by atoms with E-state index in [0.717, 1.165) is 0 Å². The van der Waals surface area contributed by atoms with Crippen molar-refractivity contribution in [2.45, 2.75) is 26.4 Å². The summed E-state index contributed by atoms with van der Waals surface area (Å²) >= 11 is 0. The lowest BCUT2D eigenvalue weighted by Gasteiger charge is -1.95. The van der Waals surface area contributed by atoms with Gasteiger partial charge in [-0.3, -0.25) is 4.79 Å². The molecular formula is C9H12O4. The van der Waals surface area contributed by atoms with E-state index in [1.54, 1.807) is 19.9 Å². The van der Waals surface area contributed by atoms with Gasteiger partial charge in [-0.2, -0.15) is 0 Å². The summed E-state index contributed by atoms with van der Waals surface area (Å²) in [4.78, 5) is 10.4. The van der Waals surface area contributed by atoms with Gasteiger partial charge in [0.05, 0.1) is 6.42 Å². The normalized spacial score (nSPS) is 12.8. The fourth-order valence-corrected chi connectivity index (χ4v) is 1.09. The molecule has 4 nitrogen and oxygen atoms in total. The Morgan fingerprint density at radius 3 is 2.69 bits per heavy atom. The standard InChI is InChI=1S/C9H12O4/c1-5(10)8-3-7(4-9(11)12)6(2)13-8/h3,5,10H,4H2,1-2H3,(H,11,12). The van der Waals surface area contributed by atoms with E-state index in [-0.39, 0.29) is 6.42 Å². The van der Waals surface area contributed by atoms with Gasteiger partial charge < -0.3 is 14.6 Å². The average Bonchev–Trinajstić information content (AvgIpc) is 2.31. The van der Waals surface area contributed by atoms with Gasteiger partial charge in [0.1, 0.15) is 17.6 Å². The topological polar surface area (TPSA) is 70.7 Å². The summed E-state index contributed by atoms with van der Waals surface area (Å²) in [6.45, 7) is 3.26. The lowest BCUT2D eigenvalue weighted by atomic mass is 10.1. The summed E-state index contributed by atoms with van der Waals surface area (Å²) in [5, 5.41) is 17.7. The van der Waals surface area contributed by atoms with Crippen molar-refractivity contribution in [2.24, 2.45) is 0 Å². The van der Waals surface area contributed by atoms with Crippen LogP contribution in [0.15, 0.2) is 10.5 Å². The number of rotatable bonds is 3. The lowest BCUT2D eigenvalue weighted by molar-refractivity contribution is -0.136. The van der Waals surface area contributed by atoms with E-state index >= 15 is 0 Å². The second-order valence-electron chi connectivity index (χ2n) is 2.98. The Morgan fingerprint density at radius 2 is 2.31 bits per heavy atom. The molecule has 0 spiro atoms. The molecule has 1 rings (SSSR count). The van der Waals surface area contributed by atoms with Crippen LogP contribution in [0.5, 0.6) is 0 Å². The zero-order chi connectivity index (χ0) is 10.0. The predicted octanol–water partition coefficient (Wildman–Crippen LogP) is 1.27. The van der Waals surface area contributed by atoms with Crippen LogP contribution in [0.1, 0.15) is 30.1 Å². The molecule has 0 bridgehead atoms. The van der Waals surface area contributed by atoms with Gasteiger partial charge in [-0.15, -0.1) is 0 Å². The number of carboxylic acids is 1. The van der Waals surface area contributed by atoms with E-state index in [1.165, 1.54) is 0 Å². The summed E-state index contributed by atoms with van der Waals surface area (Å²) in [6.07, 6.45) is -0.761. The molecule has 0 aliphatic heterocycles. The third-order valence-corrected chi connectivity index (χ3v) is 1.79. The quantitative estimate of drug-likeness (QED) is 0.742. The van der Waals surface area contributed by atoms with Crippen LogP contribution in [-0.4, -0.2) is 16.2 Å².